The number of hydrogen-bond donors (Lipinski definition) is 3. The van der Waals surface area contributed by atoms with Gasteiger partial charge >= 0.3 is 11.9 Å². The Morgan fingerprint density at radius 2 is 1.80 bits per heavy atom. The zero-order valence-corrected chi connectivity index (χ0v) is 12.2. The fourth-order valence-corrected chi connectivity index (χ4v) is 1.29. The maximum Gasteiger partial charge on any atom is 0.414 e. The van der Waals surface area contributed by atoms with E-state index in [2.05, 4.69) is 5.32 Å². The first-order chi connectivity index (χ1) is 9.38. The number of carboxylic acid groups (broad SMARTS) is 2. The Morgan fingerprint density at radius 1 is 1.20 bits per heavy atom. The molecule has 0 aliphatic heterocycles. The molecule has 3 N–H and O–H groups in total. The molecule has 0 saturated heterocycles. The van der Waals surface area contributed by atoms with Gasteiger partial charge in [-0.3, -0.25) is 0 Å². The van der Waals surface area contributed by atoms with E-state index in [0.717, 1.165) is 18.7 Å². The highest BCUT2D eigenvalue weighted by molar-refractivity contribution is 6.42. The monoisotopic (exact) mass is 323 g/mol. The van der Waals surface area contributed by atoms with Crippen LogP contribution < -0.4 is 10.1 Å². The van der Waals surface area contributed by atoms with E-state index in [-0.39, 0.29) is 0 Å². The number of benzene rings is 1. The molecule has 0 unspecified atom stereocenters. The maximum absolute atomic E-state index is 9.10. The van der Waals surface area contributed by atoms with E-state index in [0.29, 0.717) is 16.7 Å². The van der Waals surface area contributed by atoms with Gasteiger partial charge in [0.2, 0.25) is 0 Å². The minimum absolute atomic E-state index is 0.526. The van der Waals surface area contributed by atoms with Crippen molar-refractivity contribution < 1.29 is 24.5 Å². The van der Waals surface area contributed by atoms with Gasteiger partial charge in [-0.25, -0.2) is 9.59 Å². The molecule has 0 aliphatic carbocycles. The lowest BCUT2D eigenvalue weighted by Gasteiger charge is -2.06. The quantitative estimate of drug-likeness (QED) is 0.567. The summed E-state index contributed by atoms with van der Waals surface area (Å²) in [6.07, 6.45) is 0.969. The molecule has 0 bridgehead atoms. The van der Waals surface area contributed by atoms with Crippen LogP contribution in [0.2, 0.25) is 10.0 Å². The number of halogens is 2. The fraction of sp³-hybridized carbons (Fsp3) is 0.333. The summed E-state index contributed by atoms with van der Waals surface area (Å²) in [4.78, 5) is 18.2. The molecule has 6 nitrogen and oxygen atoms in total. The van der Waals surface area contributed by atoms with Gasteiger partial charge in [-0.05, 0) is 32.1 Å². The van der Waals surface area contributed by atoms with Gasteiger partial charge in [0.25, 0.3) is 0 Å². The van der Waals surface area contributed by atoms with Gasteiger partial charge < -0.3 is 20.3 Å². The molecule has 0 fully saturated rings. The molecule has 1 aromatic carbocycles. The van der Waals surface area contributed by atoms with Crippen molar-refractivity contribution in [1.82, 2.24) is 5.32 Å². The largest absolute Gasteiger partial charge is 0.493 e. The third-order valence-corrected chi connectivity index (χ3v) is 2.65. The molecule has 0 radical (unpaired) electrons. The summed E-state index contributed by atoms with van der Waals surface area (Å²) in [5, 5.41) is 18.9. The summed E-state index contributed by atoms with van der Waals surface area (Å²) in [7, 11) is 1.92. The van der Waals surface area contributed by atoms with Crippen LogP contribution >= 0.6 is 23.2 Å². The normalized spacial score (nSPS) is 9.35. The summed E-state index contributed by atoms with van der Waals surface area (Å²) in [5.74, 6) is -2.89. The van der Waals surface area contributed by atoms with E-state index in [4.69, 9.17) is 47.7 Å². The number of ether oxygens (including phenoxy) is 1. The molecular formula is C12H15Cl2NO5. The minimum Gasteiger partial charge on any atom is -0.493 e. The molecule has 20 heavy (non-hydrogen) atoms. The standard InChI is InChI=1S/C10H13Cl2NO.C2H2O4/c1-13-5-2-6-14-8-3-4-9(11)10(12)7-8;3-1(4)2(5)6/h3-4,7,13H,2,5-6H2,1H3;(H,3,4)(H,5,6). The van der Waals surface area contributed by atoms with Crippen LogP contribution in [0.25, 0.3) is 0 Å². The summed E-state index contributed by atoms with van der Waals surface area (Å²) in [6, 6.07) is 5.27. The molecule has 112 valence electrons. The van der Waals surface area contributed by atoms with Crippen molar-refractivity contribution in [3.05, 3.63) is 28.2 Å². The van der Waals surface area contributed by atoms with Crippen molar-refractivity contribution >= 4 is 35.1 Å². The number of carbonyl (C=O) groups is 2. The highest BCUT2D eigenvalue weighted by atomic mass is 35.5. The summed E-state index contributed by atoms with van der Waals surface area (Å²) in [6.45, 7) is 1.63. The number of hydrogen-bond acceptors (Lipinski definition) is 4. The second-order valence-electron chi connectivity index (χ2n) is 3.49. The van der Waals surface area contributed by atoms with Gasteiger partial charge in [0.1, 0.15) is 5.75 Å². The SMILES string of the molecule is CNCCCOc1ccc(Cl)c(Cl)c1.O=C(O)C(=O)O. The third-order valence-electron chi connectivity index (χ3n) is 1.91. The van der Waals surface area contributed by atoms with E-state index in [1.807, 2.05) is 13.1 Å². The summed E-state index contributed by atoms with van der Waals surface area (Å²) < 4.78 is 5.46. The Kier molecular flexibility index (Phi) is 9.53. The Hall–Kier alpha value is -1.50. The fourth-order valence-electron chi connectivity index (χ4n) is 1.01. The van der Waals surface area contributed by atoms with Crippen LogP contribution in [0.5, 0.6) is 5.75 Å². The van der Waals surface area contributed by atoms with Crippen LogP contribution in [0.3, 0.4) is 0 Å². The first-order valence-electron chi connectivity index (χ1n) is 5.57. The molecule has 0 aliphatic rings. The van der Waals surface area contributed by atoms with E-state index in [1.165, 1.54) is 0 Å². The molecule has 1 rings (SSSR count). The van der Waals surface area contributed by atoms with E-state index in [1.54, 1.807) is 12.1 Å². The lowest BCUT2D eigenvalue weighted by atomic mass is 10.3. The average Bonchev–Trinajstić information content (AvgIpc) is 2.39. The lowest BCUT2D eigenvalue weighted by Crippen LogP contribution is -2.11. The van der Waals surface area contributed by atoms with Crippen LogP contribution in [0.4, 0.5) is 0 Å². The first kappa shape index (κ1) is 18.5. The van der Waals surface area contributed by atoms with Crippen LogP contribution in [0, 0.1) is 0 Å². The zero-order valence-electron chi connectivity index (χ0n) is 10.7. The van der Waals surface area contributed by atoms with Gasteiger partial charge in [0.15, 0.2) is 0 Å². The van der Waals surface area contributed by atoms with E-state index < -0.39 is 11.9 Å². The molecule has 0 atom stereocenters. The predicted octanol–water partition coefficient (Wildman–Crippen LogP) is 2.14. The van der Waals surface area contributed by atoms with Crippen LogP contribution in [0.1, 0.15) is 6.42 Å². The van der Waals surface area contributed by atoms with Crippen molar-refractivity contribution in [3.63, 3.8) is 0 Å². The van der Waals surface area contributed by atoms with Crippen molar-refractivity contribution in [2.45, 2.75) is 6.42 Å². The number of carboxylic acids is 2. The van der Waals surface area contributed by atoms with Crippen molar-refractivity contribution in [2.75, 3.05) is 20.2 Å². The van der Waals surface area contributed by atoms with Gasteiger partial charge in [-0.1, -0.05) is 23.2 Å². The smallest absolute Gasteiger partial charge is 0.414 e. The topological polar surface area (TPSA) is 95.9 Å². The average molecular weight is 324 g/mol. The maximum atomic E-state index is 9.10. The molecule has 0 spiro atoms. The predicted molar refractivity (Wildman–Crippen MR) is 75.8 cm³/mol. The first-order valence-corrected chi connectivity index (χ1v) is 6.32. The van der Waals surface area contributed by atoms with E-state index >= 15 is 0 Å². The molecule has 0 aromatic heterocycles. The van der Waals surface area contributed by atoms with Crippen molar-refractivity contribution in [2.24, 2.45) is 0 Å². The second-order valence-corrected chi connectivity index (χ2v) is 4.31. The molecule has 0 saturated carbocycles. The highest BCUT2D eigenvalue weighted by Crippen LogP contribution is 2.26. The molecule has 8 heteroatoms. The van der Waals surface area contributed by atoms with Crippen molar-refractivity contribution in [1.29, 1.82) is 0 Å². The van der Waals surface area contributed by atoms with Crippen LogP contribution in [-0.2, 0) is 9.59 Å². The summed E-state index contributed by atoms with van der Waals surface area (Å²) >= 11 is 11.6. The number of nitrogens with one attached hydrogen (secondary N) is 1. The Labute approximate surface area is 126 Å². The van der Waals surface area contributed by atoms with Gasteiger partial charge in [0.05, 0.1) is 16.7 Å². The molecule has 1 aromatic rings. The Balaban J connectivity index is 0.000000511. The minimum atomic E-state index is -1.82. The molecular weight excluding hydrogens is 309 g/mol. The van der Waals surface area contributed by atoms with Gasteiger partial charge in [0, 0.05) is 6.07 Å². The summed E-state index contributed by atoms with van der Waals surface area (Å²) in [5.41, 5.74) is 0. The Morgan fingerprint density at radius 3 is 2.25 bits per heavy atom. The highest BCUT2D eigenvalue weighted by Gasteiger charge is 2.04. The number of rotatable bonds is 5. The second kappa shape index (κ2) is 10.3. The van der Waals surface area contributed by atoms with Crippen LogP contribution in [-0.4, -0.2) is 42.4 Å². The number of aliphatic carboxylic acids is 2. The van der Waals surface area contributed by atoms with Gasteiger partial charge in [-0.15, -0.1) is 0 Å². The molecule has 0 heterocycles. The zero-order chi connectivity index (χ0) is 15.5. The van der Waals surface area contributed by atoms with Crippen molar-refractivity contribution in [3.8, 4) is 5.75 Å². The van der Waals surface area contributed by atoms with Crippen LogP contribution in [0.15, 0.2) is 18.2 Å². The third kappa shape index (κ3) is 8.58. The lowest BCUT2D eigenvalue weighted by molar-refractivity contribution is -0.159. The molecule has 0 amide bonds. The van der Waals surface area contributed by atoms with Gasteiger partial charge in [-0.2, -0.15) is 0 Å². The Bertz CT molecular complexity index is 441. The van der Waals surface area contributed by atoms with E-state index in [9.17, 15) is 0 Å².